The van der Waals surface area contributed by atoms with Crippen LogP contribution in [0.5, 0.6) is 0 Å². The Labute approximate surface area is 116 Å². The summed E-state index contributed by atoms with van der Waals surface area (Å²) in [4.78, 5) is 1.08. The Bertz CT molecular complexity index is 452. The largest absolute Gasteiger partial charge is 0.397 e. The molecule has 0 fully saturated rings. The Morgan fingerprint density at radius 1 is 1.29 bits per heavy atom. The number of halogens is 2. The molecular weight excluding hydrogens is 275 g/mol. The van der Waals surface area contributed by atoms with Gasteiger partial charge in [0.15, 0.2) is 0 Å². The minimum atomic E-state index is 0.264. The summed E-state index contributed by atoms with van der Waals surface area (Å²) in [6.45, 7) is 1.95. The van der Waals surface area contributed by atoms with Crippen LogP contribution in [0.25, 0.3) is 0 Å². The quantitative estimate of drug-likeness (QED) is 0.496. The molecule has 0 aromatic heterocycles. The van der Waals surface area contributed by atoms with Gasteiger partial charge in [0.2, 0.25) is 0 Å². The van der Waals surface area contributed by atoms with Gasteiger partial charge in [-0.15, -0.1) is 11.8 Å². The minimum absolute atomic E-state index is 0.264. The highest BCUT2D eigenvalue weighted by atomic mass is 35.5. The zero-order valence-corrected chi connectivity index (χ0v) is 11.7. The molecule has 2 nitrogen and oxygen atoms in total. The number of rotatable bonds is 4. The van der Waals surface area contributed by atoms with Crippen molar-refractivity contribution >= 4 is 46.3 Å². The second kappa shape index (κ2) is 6.84. The summed E-state index contributed by atoms with van der Waals surface area (Å²) in [7, 11) is 0. The summed E-state index contributed by atoms with van der Waals surface area (Å²) in [5, 5.41) is 0. The molecule has 0 radical (unpaired) electrons. The van der Waals surface area contributed by atoms with Gasteiger partial charge in [-0.3, -0.25) is 0 Å². The van der Waals surface area contributed by atoms with Crippen LogP contribution in [0.1, 0.15) is 6.92 Å². The number of nitrogens with two attached hydrogens (primary N) is 2. The summed E-state index contributed by atoms with van der Waals surface area (Å²) in [6, 6.07) is 5.63. The summed E-state index contributed by atoms with van der Waals surface area (Å²) in [6.07, 6.45) is 3.75. The van der Waals surface area contributed by atoms with E-state index in [2.05, 4.69) is 0 Å². The van der Waals surface area contributed by atoms with E-state index in [9.17, 15) is 0 Å². The summed E-state index contributed by atoms with van der Waals surface area (Å²) in [5.41, 5.74) is 13.6. The van der Waals surface area contributed by atoms with Gasteiger partial charge in [-0.1, -0.05) is 34.9 Å². The van der Waals surface area contributed by atoms with Crippen molar-refractivity contribution in [3.63, 3.8) is 0 Å². The van der Waals surface area contributed by atoms with E-state index in [1.165, 1.54) is 0 Å². The predicted molar refractivity (Wildman–Crippen MR) is 79.5 cm³/mol. The van der Waals surface area contributed by atoms with Gasteiger partial charge in [-0.2, -0.15) is 0 Å². The van der Waals surface area contributed by atoms with Crippen LogP contribution in [-0.4, -0.2) is 5.75 Å². The van der Waals surface area contributed by atoms with E-state index in [-0.39, 0.29) is 4.49 Å². The summed E-state index contributed by atoms with van der Waals surface area (Å²) in [5.74, 6) is 0.826. The number of thioether (sulfide) groups is 1. The third-order valence-electron chi connectivity index (χ3n) is 2.05. The van der Waals surface area contributed by atoms with Gasteiger partial charge >= 0.3 is 0 Å². The van der Waals surface area contributed by atoms with Gasteiger partial charge in [0.1, 0.15) is 4.49 Å². The monoisotopic (exact) mass is 288 g/mol. The van der Waals surface area contributed by atoms with Crippen LogP contribution in [0, 0.1) is 0 Å². The molecule has 0 aliphatic carbocycles. The van der Waals surface area contributed by atoms with Gasteiger partial charge in [0.25, 0.3) is 0 Å². The zero-order valence-electron chi connectivity index (χ0n) is 9.41. The molecule has 0 atom stereocenters. The van der Waals surface area contributed by atoms with Crippen molar-refractivity contribution in [3.8, 4) is 0 Å². The standard InChI is InChI=1S/C12H14Cl2N2S/c1-8(6-12(13)14)4-5-17-9-2-3-10(15)11(16)7-9/h2-4,6-7H,5,15-16H2,1H3. The Balaban J connectivity index is 2.56. The van der Waals surface area contributed by atoms with Crippen molar-refractivity contribution in [1.82, 2.24) is 0 Å². The number of anilines is 2. The molecule has 0 aliphatic heterocycles. The van der Waals surface area contributed by atoms with E-state index in [0.29, 0.717) is 11.4 Å². The van der Waals surface area contributed by atoms with Crippen LogP contribution < -0.4 is 11.5 Å². The molecule has 0 unspecified atom stereocenters. The first-order valence-electron chi connectivity index (χ1n) is 4.96. The third-order valence-corrected chi connectivity index (χ3v) is 3.19. The molecule has 17 heavy (non-hydrogen) atoms. The van der Waals surface area contributed by atoms with Crippen LogP contribution in [0.2, 0.25) is 0 Å². The zero-order chi connectivity index (χ0) is 12.8. The smallest absolute Gasteiger partial charge is 0.107 e. The first-order chi connectivity index (χ1) is 7.99. The number of benzene rings is 1. The second-order valence-corrected chi connectivity index (χ2v) is 5.59. The maximum atomic E-state index is 5.72. The minimum Gasteiger partial charge on any atom is -0.397 e. The van der Waals surface area contributed by atoms with Gasteiger partial charge < -0.3 is 11.5 Å². The Morgan fingerprint density at radius 3 is 2.59 bits per heavy atom. The van der Waals surface area contributed by atoms with Crippen molar-refractivity contribution in [1.29, 1.82) is 0 Å². The Hall–Kier alpha value is -0.770. The topological polar surface area (TPSA) is 52.0 Å². The molecule has 4 N–H and O–H groups in total. The first kappa shape index (κ1) is 14.3. The molecule has 0 heterocycles. The van der Waals surface area contributed by atoms with Gasteiger partial charge in [0, 0.05) is 10.6 Å². The summed E-state index contributed by atoms with van der Waals surface area (Å²) < 4.78 is 0.264. The molecule has 0 saturated carbocycles. The maximum absolute atomic E-state index is 5.72. The molecule has 0 aliphatic rings. The highest BCUT2D eigenvalue weighted by Crippen LogP contribution is 2.24. The predicted octanol–water partition coefficient (Wildman–Crippen LogP) is 4.21. The van der Waals surface area contributed by atoms with E-state index in [4.69, 9.17) is 34.7 Å². The van der Waals surface area contributed by atoms with E-state index in [0.717, 1.165) is 16.2 Å². The molecule has 1 aromatic carbocycles. The maximum Gasteiger partial charge on any atom is 0.107 e. The SMILES string of the molecule is CC(C=C(Cl)Cl)=CCSc1ccc(N)c(N)c1. The molecule has 5 heteroatoms. The number of nitrogen functional groups attached to an aromatic ring is 2. The Morgan fingerprint density at radius 2 is 2.00 bits per heavy atom. The number of allylic oxidation sites excluding steroid dienone is 2. The normalized spacial score (nSPS) is 11.4. The molecular formula is C12H14Cl2N2S. The lowest BCUT2D eigenvalue weighted by molar-refractivity contribution is 1.44. The summed E-state index contributed by atoms with van der Waals surface area (Å²) >= 11 is 12.8. The van der Waals surface area contributed by atoms with E-state index < -0.39 is 0 Å². The third kappa shape index (κ3) is 5.39. The molecule has 92 valence electrons. The van der Waals surface area contributed by atoms with Crippen molar-refractivity contribution in [3.05, 3.63) is 40.4 Å². The van der Waals surface area contributed by atoms with Crippen LogP contribution in [0.15, 0.2) is 45.3 Å². The molecule has 0 bridgehead atoms. The van der Waals surface area contributed by atoms with Gasteiger partial charge in [-0.05, 0) is 31.2 Å². The first-order valence-corrected chi connectivity index (χ1v) is 6.70. The van der Waals surface area contributed by atoms with Crippen LogP contribution in [-0.2, 0) is 0 Å². The highest BCUT2D eigenvalue weighted by molar-refractivity contribution is 7.99. The van der Waals surface area contributed by atoms with Gasteiger partial charge in [-0.25, -0.2) is 0 Å². The van der Waals surface area contributed by atoms with Crippen LogP contribution in [0.4, 0.5) is 11.4 Å². The molecule has 0 amide bonds. The van der Waals surface area contributed by atoms with E-state index >= 15 is 0 Å². The van der Waals surface area contributed by atoms with Crippen LogP contribution >= 0.6 is 35.0 Å². The molecule has 0 saturated heterocycles. The highest BCUT2D eigenvalue weighted by Gasteiger charge is 1.97. The lowest BCUT2D eigenvalue weighted by Gasteiger charge is -2.03. The fourth-order valence-electron chi connectivity index (χ4n) is 1.14. The van der Waals surface area contributed by atoms with Crippen molar-refractivity contribution < 1.29 is 0 Å². The second-order valence-electron chi connectivity index (χ2n) is 3.48. The Kier molecular flexibility index (Phi) is 5.75. The van der Waals surface area contributed by atoms with E-state index in [1.807, 2.05) is 31.2 Å². The lowest BCUT2D eigenvalue weighted by atomic mass is 10.3. The number of hydrogen-bond acceptors (Lipinski definition) is 3. The number of hydrogen-bond donors (Lipinski definition) is 2. The average molecular weight is 289 g/mol. The van der Waals surface area contributed by atoms with Crippen LogP contribution in [0.3, 0.4) is 0 Å². The fourth-order valence-corrected chi connectivity index (χ4v) is 2.40. The van der Waals surface area contributed by atoms with Crippen molar-refractivity contribution in [2.45, 2.75) is 11.8 Å². The lowest BCUT2D eigenvalue weighted by Crippen LogP contribution is -1.93. The molecule has 1 rings (SSSR count). The van der Waals surface area contributed by atoms with E-state index in [1.54, 1.807) is 17.8 Å². The molecule has 0 spiro atoms. The average Bonchev–Trinajstić information content (AvgIpc) is 2.22. The fraction of sp³-hybridized carbons (Fsp3) is 0.167. The van der Waals surface area contributed by atoms with Crippen molar-refractivity contribution in [2.24, 2.45) is 0 Å². The van der Waals surface area contributed by atoms with Crippen molar-refractivity contribution in [2.75, 3.05) is 17.2 Å². The van der Waals surface area contributed by atoms with Gasteiger partial charge in [0.05, 0.1) is 11.4 Å². The molecule has 1 aromatic rings.